The molecule has 4 rings (SSSR count). The van der Waals surface area contributed by atoms with Gasteiger partial charge in [0.1, 0.15) is 17.8 Å². The Morgan fingerprint density at radius 2 is 1.74 bits per heavy atom. The first-order valence-corrected chi connectivity index (χ1v) is 13.0. The third-order valence-corrected chi connectivity index (χ3v) is 6.12. The lowest BCUT2D eigenvalue weighted by Crippen LogP contribution is -2.31. The molecular formula is C24H20F6IN9O2. The van der Waals surface area contributed by atoms with Crippen LogP contribution in [0.5, 0.6) is 0 Å². The minimum Gasteiger partial charge on any atom is -0.350 e. The van der Waals surface area contributed by atoms with Gasteiger partial charge in [0.15, 0.2) is 5.82 Å². The standard InChI is InChI=1S/C24H20F6IN9O2/c1-11(2)33-20(41)15-8-13(31)7-12(3)18(15)34-21(42)17-9-14(10-39-37-22(35-38-39)24(28,29)30)36-40(17)19-16(23(25,26)27)5-4-6-32-19/h4-9,11H,10H2,1-3H3,(H,33,41)(H,34,42). The molecule has 222 valence electrons. The van der Waals surface area contributed by atoms with Gasteiger partial charge in [0, 0.05) is 15.8 Å². The van der Waals surface area contributed by atoms with E-state index in [1.54, 1.807) is 26.8 Å². The summed E-state index contributed by atoms with van der Waals surface area (Å²) < 4.78 is 81.6. The number of tetrazole rings is 1. The highest BCUT2D eigenvalue weighted by molar-refractivity contribution is 14.1. The maximum Gasteiger partial charge on any atom is 0.455 e. The van der Waals surface area contributed by atoms with Crippen molar-refractivity contribution in [1.29, 1.82) is 0 Å². The number of aromatic nitrogens is 7. The second-order valence-electron chi connectivity index (χ2n) is 9.17. The second-order valence-corrected chi connectivity index (χ2v) is 10.4. The summed E-state index contributed by atoms with van der Waals surface area (Å²) in [6.45, 7) is 4.53. The molecule has 1 aromatic carbocycles. The third-order valence-electron chi connectivity index (χ3n) is 5.50. The average molecular weight is 707 g/mol. The quantitative estimate of drug-likeness (QED) is 0.211. The highest BCUT2D eigenvalue weighted by atomic mass is 127. The third kappa shape index (κ3) is 6.85. The van der Waals surface area contributed by atoms with Gasteiger partial charge >= 0.3 is 12.4 Å². The molecule has 3 heterocycles. The van der Waals surface area contributed by atoms with Crippen molar-refractivity contribution in [2.45, 2.75) is 45.7 Å². The number of rotatable bonds is 7. The van der Waals surface area contributed by atoms with Crippen molar-refractivity contribution >= 4 is 40.1 Å². The predicted molar refractivity (Wildman–Crippen MR) is 143 cm³/mol. The molecule has 3 aromatic heterocycles. The van der Waals surface area contributed by atoms with Gasteiger partial charge in [-0.15, -0.1) is 10.2 Å². The van der Waals surface area contributed by atoms with E-state index >= 15 is 0 Å². The monoisotopic (exact) mass is 707 g/mol. The minimum absolute atomic E-state index is 0.0951. The van der Waals surface area contributed by atoms with Gasteiger partial charge in [-0.25, -0.2) is 9.67 Å². The second kappa shape index (κ2) is 11.6. The number of aryl methyl sites for hydroxylation is 1. The highest BCUT2D eigenvalue weighted by Gasteiger charge is 2.38. The number of alkyl halides is 6. The summed E-state index contributed by atoms with van der Waals surface area (Å²) in [7, 11) is 0. The number of hydrogen-bond donors (Lipinski definition) is 2. The Bertz CT molecular complexity index is 1650. The Balaban J connectivity index is 1.81. The van der Waals surface area contributed by atoms with Crippen molar-refractivity contribution in [3.8, 4) is 5.82 Å². The zero-order valence-corrected chi connectivity index (χ0v) is 24.0. The molecule has 0 aliphatic rings. The summed E-state index contributed by atoms with van der Waals surface area (Å²) in [5, 5.41) is 18.7. The number of amides is 2. The molecule has 0 atom stereocenters. The fourth-order valence-corrected chi connectivity index (χ4v) is 4.57. The van der Waals surface area contributed by atoms with Crippen molar-refractivity contribution in [3.63, 3.8) is 0 Å². The van der Waals surface area contributed by atoms with Gasteiger partial charge in [0.2, 0.25) is 0 Å². The highest BCUT2D eigenvalue weighted by Crippen LogP contribution is 2.33. The summed E-state index contributed by atoms with van der Waals surface area (Å²) in [6.07, 6.45) is -8.73. The average Bonchev–Trinajstić information content (AvgIpc) is 3.52. The molecule has 0 saturated heterocycles. The van der Waals surface area contributed by atoms with Crippen LogP contribution in [0.3, 0.4) is 0 Å². The normalized spacial score (nSPS) is 12.1. The number of carbonyl (C=O) groups is 2. The Morgan fingerprint density at radius 1 is 1.02 bits per heavy atom. The lowest BCUT2D eigenvalue weighted by molar-refractivity contribution is -0.145. The van der Waals surface area contributed by atoms with E-state index in [1.807, 2.05) is 22.6 Å². The number of hydrogen-bond acceptors (Lipinski definition) is 7. The van der Waals surface area contributed by atoms with Crippen LogP contribution in [-0.4, -0.2) is 52.8 Å². The maximum absolute atomic E-state index is 13.9. The minimum atomic E-state index is -4.90. The van der Waals surface area contributed by atoms with E-state index in [1.165, 1.54) is 6.07 Å². The fourth-order valence-electron chi connectivity index (χ4n) is 3.79. The van der Waals surface area contributed by atoms with Crippen LogP contribution in [0.2, 0.25) is 0 Å². The van der Waals surface area contributed by atoms with E-state index in [0.29, 0.717) is 18.6 Å². The first-order chi connectivity index (χ1) is 19.5. The summed E-state index contributed by atoms with van der Waals surface area (Å²) in [5.41, 5.74) is -1.18. The van der Waals surface area contributed by atoms with Crippen molar-refractivity contribution in [3.05, 3.63) is 74.0 Å². The molecule has 0 fully saturated rings. The van der Waals surface area contributed by atoms with Crippen molar-refractivity contribution in [2.75, 3.05) is 5.32 Å². The van der Waals surface area contributed by atoms with E-state index in [9.17, 15) is 35.9 Å². The molecule has 0 radical (unpaired) electrons. The van der Waals surface area contributed by atoms with Gasteiger partial charge in [0.25, 0.3) is 17.6 Å². The molecule has 42 heavy (non-hydrogen) atoms. The Hall–Kier alpha value is -4.10. The zero-order chi connectivity index (χ0) is 31.0. The Labute approximate surface area is 246 Å². The number of pyridine rings is 1. The maximum atomic E-state index is 13.9. The first-order valence-electron chi connectivity index (χ1n) is 11.9. The fraction of sp³-hybridized carbons (Fsp3) is 0.292. The van der Waals surface area contributed by atoms with E-state index < -0.39 is 53.6 Å². The van der Waals surface area contributed by atoms with Crippen LogP contribution in [0.15, 0.2) is 36.5 Å². The van der Waals surface area contributed by atoms with E-state index in [2.05, 4.69) is 36.1 Å². The van der Waals surface area contributed by atoms with E-state index in [0.717, 1.165) is 24.4 Å². The van der Waals surface area contributed by atoms with Crippen molar-refractivity contribution in [2.24, 2.45) is 0 Å². The van der Waals surface area contributed by atoms with E-state index in [-0.39, 0.29) is 23.0 Å². The number of carbonyl (C=O) groups excluding carboxylic acids is 2. The molecule has 2 amide bonds. The van der Waals surface area contributed by atoms with Crippen LogP contribution in [0, 0.1) is 10.5 Å². The predicted octanol–water partition coefficient (Wildman–Crippen LogP) is 4.64. The largest absolute Gasteiger partial charge is 0.455 e. The van der Waals surface area contributed by atoms with Gasteiger partial charge in [-0.3, -0.25) is 9.59 Å². The number of halogens is 7. The number of nitrogens with one attached hydrogen (secondary N) is 2. The molecule has 18 heteroatoms. The smallest absolute Gasteiger partial charge is 0.350 e. The Kier molecular flexibility index (Phi) is 8.55. The van der Waals surface area contributed by atoms with Crippen LogP contribution in [0.1, 0.15) is 57.3 Å². The number of nitrogens with zero attached hydrogens (tertiary/aromatic N) is 7. The summed E-state index contributed by atoms with van der Waals surface area (Å²) in [5.74, 6) is -3.78. The molecule has 0 saturated carbocycles. The van der Waals surface area contributed by atoms with E-state index in [4.69, 9.17) is 0 Å². The molecule has 0 aliphatic heterocycles. The molecule has 2 N–H and O–H groups in total. The van der Waals surface area contributed by atoms with Crippen LogP contribution >= 0.6 is 22.6 Å². The topological polar surface area (TPSA) is 133 Å². The molecule has 0 unspecified atom stereocenters. The molecule has 4 aromatic rings. The lowest BCUT2D eigenvalue weighted by Gasteiger charge is -2.17. The summed E-state index contributed by atoms with van der Waals surface area (Å²) in [6, 6.07) is 5.80. The van der Waals surface area contributed by atoms with Crippen LogP contribution in [0.4, 0.5) is 32.0 Å². The van der Waals surface area contributed by atoms with Crippen molar-refractivity contribution in [1.82, 2.24) is 40.3 Å². The van der Waals surface area contributed by atoms with Gasteiger partial charge < -0.3 is 10.6 Å². The SMILES string of the molecule is Cc1cc(I)cc(C(=O)NC(C)C)c1NC(=O)c1cc(Cn2nnc(C(F)(F)F)n2)nn1-c1ncccc1C(F)(F)F. The Morgan fingerprint density at radius 3 is 2.36 bits per heavy atom. The summed E-state index contributed by atoms with van der Waals surface area (Å²) >= 11 is 1.99. The van der Waals surface area contributed by atoms with Crippen LogP contribution in [0.25, 0.3) is 5.82 Å². The molecule has 11 nitrogen and oxygen atoms in total. The van der Waals surface area contributed by atoms with Crippen molar-refractivity contribution < 1.29 is 35.9 Å². The molecule has 0 spiro atoms. The lowest BCUT2D eigenvalue weighted by atomic mass is 10.1. The van der Waals surface area contributed by atoms with Gasteiger partial charge in [-0.2, -0.15) is 36.2 Å². The van der Waals surface area contributed by atoms with Crippen LogP contribution < -0.4 is 10.6 Å². The molecule has 0 aliphatic carbocycles. The number of anilines is 1. The van der Waals surface area contributed by atoms with Gasteiger partial charge in [0.05, 0.1) is 16.9 Å². The number of benzene rings is 1. The summed E-state index contributed by atoms with van der Waals surface area (Å²) in [4.78, 5) is 30.8. The molecule has 0 bridgehead atoms. The van der Waals surface area contributed by atoms with Gasteiger partial charge in [-0.1, -0.05) is 0 Å². The van der Waals surface area contributed by atoms with Crippen LogP contribution in [-0.2, 0) is 18.9 Å². The molecular weight excluding hydrogens is 687 g/mol. The zero-order valence-electron chi connectivity index (χ0n) is 21.8. The van der Waals surface area contributed by atoms with Gasteiger partial charge in [-0.05, 0) is 84.5 Å². The first kappa shape index (κ1) is 30.8.